The van der Waals surface area contributed by atoms with Crippen LogP contribution in [0.5, 0.6) is 0 Å². The van der Waals surface area contributed by atoms with Crippen LogP contribution in [-0.4, -0.2) is 38.2 Å². The molecule has 2 aromatic rings. The predicted octanol–water partition coefficient (Wildman–Crippen LogP) is 1.19. The van der Waals surface area contributed by atoms with Gasteiger partial charge < -0.3 is 10.2 Å². The molecule has 20 heavy (non-hydrogen) atoms. The lowest BCUT2D eigenvalue weighted by atomic mass is 10.2. The maximum absolute atomic E-state index is 12.3. The zero-order valence-corrected chi connectivity index (χ0v) is 12.4. The molecule has 1 aliphatic heterocycles. The van der Waals surface area contributed by atoms with Crippen molar-refractivity contribution in [1.82, 2.24) is 19.7 Å². The van der Waals surface area contributed by atoms with Gasteiger partial charge in [-0.15, -0.1) is 0 Å². The summed E-state index contributed by atoms with van der Waals surface area (Å²) in [5.41, 5.74) is 0.818. The van der Waals surface area contributed by atoms with Crippen LogP contribution in [0.3, 0.4) is 0 Å². The van der Waals surface area contributed by atoms with Crippen LogP contribution in [0, 0.1) is 0 Å². The number of amides is 1. The van der Waals surface area contributed by atoms with Gasteiger partial charge in [0.25, 0.3) is 0 Å². The molecule has 3 rings (SSSR count). The Labute approximate surface area is 124 Å². The summed E-state index contributed by atoms with van der Waals surface area (Å²) < 4.78 is 2.49. The zero-order valence-electron chi connectivity index (χ0n) is 10.8. The summed E-state index contributed by atoms with van der Waals surface area (Å²) in [6, 6.07) is -0.295. The number of aromatic nitrogens is 4. The molecule has 1 saturated heterocycles. The molecule has 1 N–H and O–H groups in total. The molecule has 1 atom stereocenters. The van der Waals surface area contributed by atoms with Crippen molar-refractivity contribution >= 4 is 33.5 Å². The van der Waals surface area contributed by atoms with E-state index in [0.29, 0.717) is 18.9 Å². The molecule has 0 aromatic carbocycles. The smallest absolute Gasteiger partial charge is 0.249 e. The van der Waals surface area contributed by atoms with Gasteiger partial charge in [-0.1, -0.05) is 0 Å². The Morgan fingerprint density at radius 3 is 2.75 bits per heavy atom. The Balaban J connectivity index is 1.71. The van der Waals surface area contributed by atoms with Crippen molar-refractivity contribution in [3.63, 3.8) is 0 Å². The van der Waals surface area contributed by atoms with E-state index in [4.69, 9.17) is 0 Å². The van der Waals surface area contributed by atoms with Crippen LogP contribution in [0.2, 0.25) is 0 Å². The largest absolute Gasteiger partial charge is 0.342 e. The van der Waals surface area contributed by atoms with Gasteiger partial charge in [-0.05, 0) is 22.4 Å². The molecule has 1 unspecified atom stereocenters. The summed E-state index contributed by atoms with van der Waals surface area (Å²) >= 11 is 3.28. The second-order valence-electron chi connectivity index (χ2n) is 4.57. The molecule has 1 fully saturated rings. The average Bonchev–Trinajstić information content (AvgIpc) is 3.00. The lowest BCUT2D eigenvalue weighted by Crippen LogP contribution is -2.33. The highest BCUT2D eigenvalue weighted by Gasteiger charge is 2.33. The molecule has 0 radical (unpaired) electrons. The third-order valence-corrected chi connectivity index (χ3v) is 3.54. The molecule has 7 nitrogen and oxygen atoms in total. The van der Waals surface area contributed by atoms with Gasteiger partial charge in [-0.3, -0.25) is 9.48 Å². The van der Waals surface area contributed by atoms with Gasteiger partial charge in [0.05, 0.1) is 16.4 Å². The molecule has 0 spiro atoms. The molecule has 2 aromatic heterocycles. The quantitative estimate of drug-likeness (QED) is 0.911. The van der Waals surface area contributed by atoms with Gasteiger partial charge in [0, 0.05) is 32.2 Å². The fourth-order valence-corrected chi connectivity index (χ4v) is 2.37. The van der Waals surface area contributed by atoms with E-state index in [1.54, 1.807) is 28.2 Å². The summed E-state index contributed by atoms with van der Waals surface area (Å²) in [6.45, 7) is 0.665. The first-order chi connectivity index (χ1) is 9.63. The molecule has 3 heterocycles. The van der Waals surface area contributed by atoms with E-state index in [2.05, 4.69) is 36.3 Å². The first-order valence-electron chi connectivity index (χ1n) is 6.17. The first kappa shape index (κ1) is 13.0. The minimum atomic E-state index is -0.295. The lowest BCUT2D eigenvalue weighted by Gasteiger charge is -2.14. The van der Waals surface area contributed by atoms with E-state index >= 15 is 0 Å². The molecular formula is C12H13BrN6O. The van der Waals surface area contributed by atoms with Gasteiger partial charge >= 0.3 is 0 Å². The zero-order chi connectivity index (χ0) is 14.1. The molecule has 0 bridgehead atoms. The second-order valence-corrected chi connectivity index (χ2v) is 5.49. The van der Waals surface area contributed by atoms with E-state index in [9.17, 15) is 4.79 Å². The number of nitrogens with one attached hydrogen (secondary N) is 1. The minimum Gasteiger partial charge on any atom is -0.342 e. The number of hydrogen-bond donors (Lipinski definition) is 1. The number of carbonyl (C=O) groups is 1. The third kappa shape index (κ3) is 2.51. The van der Waals surface area contributed by atoms with E-state index < -0.39 is 0 Å². The van der Waals surface area contributed by atoms with Crippen molar-refractivity contribution in [3.05, 3.63) is 29.3 Å². The summed E-state index contributed by atoms with van der Waals surface area (Å²) in [7, 11) is 1.83. The van der Waals surface area contributed by atoms with Crippen LogP contribution in [0.15, 0.2) is 29.3 Å². The van der Waals surface area contributed by atoms with Crippen LogP contribution in [0.25, 0.3) is 0 Å². The van der Waals surface area contributed by atoms with Gasteiger partial charge in [0.1, 0.15) is 6.04 Å². The van der Waals surface area contributed by atoms with E-state index in [0.717, 1.165) is 10.2 Å². The molecule has 104 valence electrons. The number of halogens is 1. The van der Waals surface area contributed by atoms with Crippen molar-refractivity contribution in [3.8, 4) is 0 Å². The Bertz CT molecular complexity index is 625. The average molecular weight is 337 g/mol. The second kappa shape index (κ2) is 5.20. The van der Waals surface area contributed by atoms with Crippen LogP contribution >= 0.6 is 15.9 Å². The Morgan fingerprint density at radius 1 is 1.35 bits per heavy atom. The van der Waals surface area contributed by atoms with Crippen molar-refractivity contribution in [2.45, 2.75) is 12.5 Å². The van der Waals surface area contributed by atoms with Gasteiger partial charge in [-0.25, -0.2) is 9.97 Å². The lowest BCUT2D eigenvalue weighted by molar-refractivity contribution is -0.117. The van der Waals surface area contributed by atoms with E-state index in [-0.39, 0.29) is 11.9 Å². The van der Waals surface area contributed by atoms with E-state index in [1.165, 1.54) is 0 Å². The standard InChI is InChI=1S/C12H13BrN6O/c1-18-7-9(6-16-18)19-3-2-10(11(19)20)17-12-14-4-8(13)5-15-12/h4-7,10H,2-3H2,1H3,(H,14,15,17). The maximum Gasteiger partial charge on any atom is 0.249 e. The topological polar surface area (TPSA) is 75.9 Å². The normalized spacial score (nSPS) is 18.6. The Morgan fingerprint density at radius 2 is 2.10 bits per heavy atom. The number of anilines is 2. The molecular weight excluding hydrogens is 324 g/mol. The van der Waals surface area contributed by atoms with Crippen LogP contribution in [0.4, 0.5) is 11.6 Å². The fourth-order valence-electron chi connectivity index (χ4n) is 2.16. The van der Waals surface area contributed by atoms with Crippen molar-refractivity contribution < 1.29 is 4.79 Å². The highest BCUT2D eigenvalue weighted by Crippen LogP contribution is 2.22. The third-order valence-electron chi connectivity index (χ3n) is 3.13. The molecule has 1 aliphatic rings. The summed E-state index contributed by atoms with van der Waals surface area (Å²) in [5, 5.41) is 7.15. The van der Waals surface area contributed by atoms with Crippen molar-refractivity contribution in [1.29, 1.82) is 0 Å². The molecule has 8 heteroatoms. The van der Waals surface area contributed by atoms with Gasteiger partial charge in [0.2, 0.25) is 11.9 Å². The van der Waals surface area contributed by atoms with Crippen LogP contribution < -0.4 is 10.2 Å². The Kier molecular flexibility index (Phi) is 3.39. The number of rotatable bonds is 3. The van der Waals surface area contributed by atoms with E-state index in [1.807, 2.05) is 13.2 Å². The summed E-state index contributed by atoms with van der Waals surface area (Å²) in [5.74, 6) is 0.476. The molecule has 0 saturated carbocycles. The van der Waals surface area contributed by atoms with Crippen molar-refractivity contribution in [2.75, 3.05) is 16.8 Å². The predicted molar refractivity (Wildman–Crippen MR) is 77.3 cm³/mol. The Hall–Kier alpha value is -1.96. The van der Waals surface area contributed by atoms with Crippen LogP contribution in [0.1, 0.15) is 6.42 Å². The molecule has 0 aliphatic carbocycles. The van der Waals surface area contributed by atoms with Gasteiger partial charge in [0.15, 0.2) is 0 Å². The maximum atomic E-state index is 12.3. The number of aryl methyl sites for hydroxylation is 1. The number of nitrogens with zero attached hydrogens (tertiary/aromatic N) is 5. The highest BCUT2D eigenvalue weighted by atomic mass is 79.9. The first-order valence-corrected chi connectivity index (χ1v) is 6.97. The highest BCUT2D eigenvalue weighted by molar-refractivity contribution is 9.10. The fraction of sp³-hybridized carbons (Fsp3) is 0.333. The number of hydrogen-bond acceptors (Lipinski definition) is 5. The molecule has 1 amide bonds. The number of carbonyl (C=O) groups excluding carboxylic acids is 1. The monoisotopic (exact) mass is 336 g/mol. The summed E-state index contributed by atoms with van der Waals surface area (Å²) in [6.07, 6.45) is 7.53. The van der Waals surface area contributed by atoms with Crippen molar-refractivity contribution in [2.24, 2.45) is 7.05 Å². The minimum absolute atomic E-state index is 0.0181. The van der Waals surface area contributed by atoms with Crippen LogP contribution in [-0.2, 0) is 11.8 Å². The van der Waals surface area contributed by atoms with Gasteiger partial charge in [-0.2, -0.15) is 5.10 Å². The summed E-state index contributed by atoms with van der Waals surface area (Å²) in [4.78, 5) is 22.3. The SMILES string of the molecule is Cn1cc(N2CCC(Nc3ncc(Br)cn3)C2=O)cn1.